The maximum absolute atomic E-state index is 12.1. The van der Waals surface area contributed by atoms with Crippen molar-refractivity contribution in [2.45, 2.75) is 11.5 Å². The molecule has 2 aliphatic heterocycles. The van der Waals surface area contributed by atoms with Gasteiger partial charge in [0.25, 0.3) is 5.56 Å². The summed E-state index contributed by atoms with van der Waals surface area (Å²) >= 11 is 1.76. The topological polar surface area (TPSA) is 52.2 Å². The number of para-hydroxylation sites is 1. The van der Waals surface area contributed by atoms with Gasteiger partial charge in [-0.1, -0.05) is 18.2 Å². The number of hydrogen-bond donors (Lipinski definition) is 1. The van der Waals surface area contributed by atoms with Crippen molar-refractivity contribution < 1.29 is 0 Å². The van der Waals surface area contributed by atoms with E-state index < -0.39 is 0 Å². The number of hydrogen-bond acceptors (Lipinski definition) is 5. The van der Waals surface area contributed by atoms with E-state index in [1.54, 1.807) is 11.8 Å². The number of fused-ring (bicyclic) bond motifs is 1. The molecule has 0 atom stereocenters. The minimum absolute atomic E-state index is 0.0375. The number of H-pyrrole nitrogens is 1. The Morgan fingerprint density at radius 2 is 1.73 bits per heavy atom. The van der Waals surface area contributed by atoms with Crippen LogP contribution < -0.4 is 15.4 Å². The molecule has 1 aromatic heterocycles. The van der Waals surface area contributed by atoms with Gasteiger partial charge in [0.1, 0.15) is 0 Å². The van der Waals surface area contributed by atoms with E-state index in [1.807, 2.05) is 6.07 Å². The van der Waals surface area contributed by atoms with Gasteiger partial charge in [0, 0.05) is 48.9 Å². The Morgan fingerprint density at radius 1 is 1.00 bits per heavy atom. The minimum Gasteiger partial charge on any atom is -0.368 e. The van der Waals surface area contributed by atoms with E-state index in [0.717, 1.165) is 54.9 Å². The fraction of sp³-hybridized carbons (Fsp3) is 0.375. The van der Waals surface area contributed by atoms with Crippen molar-refractivity contribution in [2.75, 3.05) is 36.0 Å². The first-order valence-corrected chi connectivity index (χ1v) is 8.71. The second-order valence-electron chi connectivity index (χ2n) is 5.62. The third kappa shape index (κ3) is 2.47. The van der Waals surface area contributed by atoms with Crippen LogP contribution in [0.1, 0.15) is 11.3 Å². The zero-order valence-corrected chi connectivity index (χ0v) is 13.1. The molecule has 114 valence electrons. The Labute approximate surface area is 133 Å². The molecule has 4 rings (SSSR count). The summed E-state index contributed by atoms with van der Waals surface area (Å²) in [6.07, 6.45) is 0. The quantitative estimate of drug-likeness (QED) is 0.917. The molecule has 0 aliphatic carbocycles. The van der Waals surface area contributed by atoms with Crippen molar-refractivity contribution in [3.63, 3.8) is 0 Å². The molecule has 1 aromatic carbocycles. The van der Waals surface area contributed by atoms with Crippen molar-refractivity contribution in [1.82, 2.24) is 9.97 Å². The molecule has 2 aromatic rings. The van der Waals surface area contributed by atoms with Gasteiger partial charge in [-0.25, -0.2) is 4.98 Å². The number of aromatic nitrogens is 2. The van der Waals surface area contributed by atoms with E-state index in [-0.39, 0.29) is 5.56 Å². The van der Waals surface area contributed by atoms with Gasteiger partial charge in [0.15, 0.2) is 0 Å². The van der Waals surface area contributed by atoms with Crippen LogP contribution in [0.3, 0.4) is 0 Å². The lowest BCUT2D eigenvalue weighted by Gasteiger charge is -2.36. The lowest BCUT2D eigenvalue weighted by Crippen LogP contribution is -2.47. The second-order valence-corrected chi connectivity index (χ2v) is 6.60. The molecule has 0 bridgehead atoms. The predicted molar refractivity (Wildman–Crippen MR) is 90.7 cm³/mol. The summed E-state index contributed by atoms with van der Waals surface area (Å²) in [5.41, 5.74) is 3.12. The lowest BCUT2D eigenvalue weighted by atomic mass is 10.2. The molecule has 1 N–H and O–H groups in total. The summed E-state index contributed by atoms with van der Waals surface area (Å²) < 4.78 is 0. The van der Waals surface area contributed by atoms with Crippen LogP contribution in [-0.2, 0) is 11.5 Å². The SMILES string of the molecule is O=c1[nH]c(N2CCN(c3ccccc3)CC2)nc2c1CSC2. The lowest BCUT2D eigenvalue weighted by molar-refractivity contribution is 0.637. The van der Waals surface area contributed by atoms with Gasteiger partial charge in [-0.15, -0.1) is 0 Å². The summed E-state index contributed by atoms with van der Waals surface area (Å²) in [7, 11) is 0. The van der Waals surface area contributed by atoms with E-state index in [0.29, 0.717) is 0 Å². The number of anilines is 2. The van der Waals surface area contributed by atoms with Gasteiger partial charge < -0.3 is 9.80 Å². The molecule has 6 heteroatoms. The average molecular weight is 314 g/mol. The van der Waals surface area contributed by atoms with Gasteiger partial charge in [-0.3, -0.25) is 9.78 Å². The van der Waals surface area contributed by atoms with Crippen LogP contribution >= 0.6 is 11.8 Å². The third-order valence-electron chi connectivity index (χ3n) is 4.27. The second kappa shape index (κ2) is 5.68. The van der Waals surface area contributed by atoms with Gasteiger partial charge in [-0.2, -0.15) is 11.8 Å². The van der Waals surface area contributed by atoms with Crippen LogP contribution in [0.15, 0.2) is 35.1 Å². The van der Waals surface area contributed by atoms with Crippen LogP contribution in [0.4, 0.5) is 11.6 Å². The molecule has 22 heavy (non-hydrogen) atoms. The molecule has 1 saturated heterocycles. The van der Waals surface area contributed by atoms with Crippen molar-refractivity contribution >= 4 is 23.4 Å². The summed E-state index contributed by atoms with van der Waals surface area (Å²) in [6, 6.07) is 10.5. The molecular weight excluding hydrogens is 296 g/mol. The molecule has 0 amide bonds. The minimum atomic E-state index is 0.0375. The molecular formula is C16H18N4OS. The maximum Gasteiger partial charge on any atom is 0.256 e. The number of rotatable bonds is 2. The number of nitrogens with one attached hydrogen (secondary N) is 1. The standard InChI is InChI=1S/C16H18N4OS/c21-15-13-10-22-11-14(13)17-16(18-15)20-8-6-19(7-9-20)12-4-2-1-3-5-12/h1-5H,6-11H2,(H,17,18,21). The summed E-state index contributed by atoms with van der Waals surface area (Å²) in [5.74, 6) is 2.38. The van der Waals surface area contributed by atoms with Crippen molar-refractivity contribution in [1.29, 1.82) is 0 Å². The Morgan fingerprint density at radius 3 is 2.50 bits per heavy atom. The first-order valence-electron chi connectivity index (χ1n) is 7.56. The van der Waals surface area contributed by atoms with Gasteiger partial charge in [0.2, 0.25) is 5.95 Å². The summed E-state index contributed by atoms with van der Waals surface area (Å²) in [4.78, 5) is 24.3. The molecule has 0 saturated carbocycles. The van der Waals surface area contributed by atoms with E-state index in [2.05, 4.69) is 44.0 Å². The Bertz CT molecular complexity index is 723. The van der Waals surface area contributed by atoms with Crippen LogP contribution in [0, 0.1) is 0 Å². The monoisotopic (exact) mass is 314 g/mol. The first-order chi connectivity index (χ1) is 10.8. The van der Waals surface area contributed by atoms with Gasteiger partial charge in [-0.05, 0) is 12.1 Å². The zero-order valence-electron chi connectivity index (χ0n) is 12.3. The number of piperazine rings is 1. The van der Waals surface area contributed by atoms with Gasteiger partial charge >= 0.3 is 0 Å². The predicted octanol–water partition coefficient (Wildman–Crippen LogP) is 1.84. The molecule has 5 nitrogen and oxygen atoms in total. The van der Waals surface area contributed by atoms with E-state index in [4.69, 9.17) is 0 Å². The van der Waals surface area contributed by atoms with Crippen LogP contribution in [0.2, 0.25) is 0 Å². The van der Waals surface area contributed by atoms with E-state index in [1.165, 1.54) is 5.69 Å². The highest BCUT2D eigenvalue weighted by Gasteiger charge is 2.22. The van der Waals surface area contributed by atoms with Gasteiger partial charge in [0.05, 0.1) is 5.69 Å². The van der Waals surface area contributed by atoms with Crippen LogP contribution in [0.5, 0.6) is 0 Å². The van der Waals surface area contributed by atoms with E-state index in [9.17, 15) is 4.79 Å². The summed E-state index contributed by atoms with van der Waals surface area (Å²) in [6.45, 7) is 3.65. The molecule has 0 spiro atoms. The van der Waals surface area contributed by atoms with Crippen molar-refractivity contribution in [3.05, 3.63) is 51.9 Å². The maximum atomic E-state index is 12.1. The Hall–Kier alpha value is -1.95. The summed E-state index contributed by atoms with van der Waals surface area (Å²) in [5, 5.41) is 0. The highest BCUT2D eigenvalue weighted by atomic mass is 32.2. The largest absolute Gasteiger partial charge is 0.368 e. The van der Waals surface area contributed by atoms with E-state index >= 15 is 0 Å². The number of thioether (sulfide) groups is 1. The fourth-order valence-corrected chi connectivity index (χ4v) is 4.05. The molecule has 1 fully saturated rings. The third-order valence-corrected chi connectivity index (χ3v) is 5.24. The average Bonchev–Trinajstić information content (AvgIpc) is 3.05. The zero-order chi connectivity index (χ0) is 14.9. The smallest absolute Gasteiger partial charge is 0.256 e. The molecule has 0 radical (unpaired) electrons. The number of nitrogens with zero attached hydrogens (tertiary/aromatic N) is 3. The molecule has 0 unspecified atom stereocenters. The molecule has 3 heterocycles. The van der Waals surface area contributed by atoms with Crippen LogP contribution in [-0.4, -0.2) is 36.1 Å². The Balaban J connectivity index is 1.50. The number of benzene rings is 1. The first kappa shape index (κ1) is 13.7. The van der Waals surface area contributed by atoms with Crippen LogP contribution in [0.25, 0.3) is 0 Å². The fourth-order valence-electron chi connectivity index (χ4n) is 3.01. The normalized spacial score (nSPS) is 17.6. The van der Waals surface area contributed by atoms with Crippen molar-refractivity contribution in [3.8, 4) is 0 Å². The molecule has 2 aliphatic rings. The highest BCUT2D eigenvalue weighted by Crippen LogP contribution is 2.26. The number of aromatic amines is 1. The highest BCUT2D eigenvalue weighted by molar-refractivity contribution is 7.98. The Kier molecular flexibility index (Phi) is 3.54. The van der Waals surface area contributed by atoms with Crippen molar-refractivity contribution in [2.24, 2.45) is 0 Å².